The summed E-state index contributed by atoms with van der Waals surface area (Å²) in [4.78, 5) is 12.2. The molecule has 34 heavy (non-hydrogen) atoms. The van der Waals surface area contributed by atoms with Crippen LogP contribution in [0.1, 0.15) is 29.2 Å². The van der Waals surface area contributed by atoms with Crippen LogP contribution in [-0.4, -0.2) is 18.9 Å². The number of benzene rings is 3. The second kappa shape index (κ2) is 12.2. The smallest absolute Gasteiger partial charge is 0.339 e. The predicted molar refractivity (Wildman–Crippen MR) is 133 cm³/mol. The van der Waals surface area contributed by atoms with Gasteiger partial charge in [-0.15, -0.1) is 6.58 Å². The largest absolute Gasteiger partial charge is 0.490 e. The lowest BCUT2D eigenvalue weighted by atomic mass is 10.1. The summed E-state index contributed by atoms with van der Waals surface area (Å²) in [5.74, 6) is 0.846. The Labute approximate surface area is 199 Å². The normalized spacial score (nSPS) is 10.7. The van der Waals surface area contributed by atoms with Gasteiger partial charge < -0.3 is 14.8 Å². The van der Waals surface area contributed by atoms with E-state index >= 15 is 0 Å². The maximum Gasteiger partial charge on any atom is 0.339 e. The lowest BCUT2D eigenvalue weighted by Gasteiger charge is -2.17. The molecule has 0 aromatic heterocycles. The molecule has 0 saturated carbocycles. The molecule has 0 bridgehead atoms. The van der Waals surface area contributed by atoms with Crippen LogP contribution in [0, 0.1) is 12.7 Å². The zero-order valence-electron chi connectivity index (χ0n) is 19.3. The number of hydrogen-bond acceptors (Lipinski definition) is 4. The second-order valence-corrected chi connectivity index (χ2v) is 7.49. The van der Waals surface area contributed by atoms with E-state index in [1.165, 1.54) is 18.3 Å². The third-order valence-electron chi connectivity index (χ3n) is 4.89. The molecule has 0 heterocycles. The van der Waals surface area contributed by atoms with Gasteiger partial charge in [0, 0.05) is 11.3 Å². The van der Waals surface area contributed by atoms with Crippen LogP contribution in [0.25, 0.3) is 0 Å². The van der Waals surface area contributed by atoms with E-state index in [1.54, 1.807) is 24.3 Å². The quantitative estimate of drug-likeness (QED) is 0.221. The van der Waals surface area contributed by atoms with E-state index in [4.69, 9.17) is 9.47 Å². The van der Waals surface area contributed by atoms with Crippen molar-refractivity contribution < 1.29 is 18.7 Å². The molecule has 0 aliphatic carbocycles. The number of ether oxygens (including phenoxy) is 2. The highest BCUT2D eigenvalue weighted by Gasteiger charge is 2.13. The van der Waals surface area contributed by atoms with Crippen molar-refractivity contribution in [1.82, 2.24) is 5.43 Å². The zero-order valence-corrected chi connectivity index (χ0v) is 19.3. The Morgan fingerprint density at radius 3 is 2.59 bits per heavy atom. The topological polar surface area (TPSA) is 72.0 Å². The average molecular weight is 462 g/mol. The SMILES string of the molecule is C=CCc1cc(C=NNC(=O)Nc2ccccc2C)cc(OCC)c1OCc1ccc(F)cc1. The first kappa shape index (κ1) is 24.5. The molecule has 6 nitrogen and oxygen atoms in total. The molecular formula is C27H28FN3O3. The molecule has 0 radical (unpaired) electrons. The Kier molecular flexibility index (Phi) is 8.80. The van der Waals surface area contributed by atoms with E-state index < -0.39 is 6.03 Å². The van der Waals surface area contributed by atoms with Crippen molar-refractivity contribution in [3.8, 4) is 11.5 Å². The Hall–Kier alpha value is -4.13. The van der Waals surface area contributed by atoms with E-state index in [0.717, 1.165) is 22.3 Å². The van der Waals surface area contributed by atoms with E-state index in [2.05, 4.69) is 22.4 Å². The van der Waals surface area contributed by atoms with E-state index in [1.807, 2.05) is 44.2 Å². The molecule has 176 valence electrons. The second-order valence-electron chi connectivity index (χ2n) is 7.49. The number of carbonyl (C=O) groups excluding carboxylic acids is 1. The fourth-order valence-electron chi connectivity index (χ4n) is 3.26. The molecule has 2 amide bonds. The van der Waals surface area contributed by atoms with Crippen LogP contribution < -0.4 is 20.2 Å². The average Bonchev–Trinajstić information content (AvgIpc) is 2.81. The maximum absolute atomic E-state index is 13.2. The van der Waals surface area contributed by atoms with Crippen LogP contribution in [0.15, 0.2) is 78.4 Å². The Bertz CT molecular complexity index is 1160. The summed E-state index contributed by atoms with van der Waals surface area (Å²) in [6.07, 6.45) is 3.85. The van der Waals surface area contributed by atoms with Gasteiger partial charge in [0.15, 0.2) is 11.5 Å². The third-order valence-corrected chi connectivity index (χ3v) is 4.89. The van der Waals surface area contributed by atoms with Gasteiger partial charge in [0.25, 0.3) is 0 Å². The highest BCUT2D eigenvalue weighted by molar-refractivity contribution is 5.91. The van der Waals surface area contributed by atoms with Crippen molar-refractivity contribution in [2.24, 2.45) is 5.10 Å². The number of nitrogens with zero attached hydrogens (tertiary/aromatic N) is 1. The number of nitrogens with one attached hydrogen (secondary N) is 2. The molecule has 2 N–H and O–H groups in total. The summed E-state index contributed by atoms with van der Waals surface area (Å²) >= 11 is 0. The lowest BCUT2D eigenvalue weighted by Crippen LogP contribution is -2.24. The fraction of sp³-hybridized carbons (Fsp3) is 0.185. The minimum absolute atomic E-state index is 0.262. The molecule has 3 aromatic carbocycles. The standard InChI is InChI=1S/C27H28FN3O3/c1-4-8-22-15-21(17-29-31-27(32)30-24-10-7-6-9-19(24)3)16-25(33-5-2)26(22)34-18-20-11-13-23(28)14-12-20/h4,6-7,9-17H,1,5,8,18H2,2-3H3,(H2,30,31,32). The number of carbonyl (C=O) groups is 1. The number of para-hydroxylation sites is 1. The molecule has 0 spiro atoms. The summed E-state index contributed by atoms with van der Waals surface area (Å²) in [6, 6.07) is 16.9. The first-order valence-electron chi connectivity index (χ1n) is 10.9. The van der Waals surface area contributed by atoms with E-state index in [9.17, 15) is 9.18 Å². The molecule has 0 saturated heterocycles. The van der Waals surface area contributed by atoms with Crippen LogP contribution in [0.4, 0.5) is 14.9 Å². The maximum atomic E-state index is 13.2. The highest BCUT2D eigenvalue weighted by Crippen LogP contribution is 2.34. The van der Waals surface area contributed by atoms with Crippen LogP contribution in [0.5, 0.6) is 11.5 Å². The summed E-state index contributed by atoms with van der Waals surface area (Å²) in [5.41, 5.74) is 6.56. The molecule has 7 heteroatoms. The number of rotatable bonds is 10. The van der Waals surface area contributed by atoms with Gasteiger partial charge in [0.1, 0.15) is 12.4 Å². The first-order chi connectivity index (χ1) is 16.5. The third kappa shape index (κ3) is 6.93. The number of amides is 2. The number of halogens is 1. The monoisotopic (exact) mass is 461 g/mol. The molecule has 0 atom stereocenters. The number of hydrazone groups is 1. The summed E-state index contributed by atoms with van der Waals surface area (Å²) in [5, 5.41) is 6.82. The van der Waals surface area contributed by atoms with Gasteiger partial charge in [-0.1, -0.05) is 36.4 Å². The van der Waals surface area contributed by atoms with Crippen molar-refractivity contribution >= 4 is 17.9 Å². The number of hydrogen-bond donors (Lipinski definition) is 2. The summed E-state index contributed by atoms with van der Waals surface area (Å²) < 4.78 is 25.1. The molecule has 0 unspecified atom stereocenters. The molecule has 0 aliphatic rings. The van der Waals surface area contributed by atoms with E-state index in [-0.39, 0.29) is 12.4 Å². The van der Waals surface area contributed by atoms with Crippen molar-refractivity contribution in [2.45, 2.75) is 26.9 Å². The molecule has 3 rings (SSSR count). The first-order valence-corrected chi connectivity index (χ1v) is 10.9. The number of urea groups is 1. The van der Waals surface area contributed by atoms with Crippen molar-refractivity contribution in [3.05, 3.63) is 101 Å². The highest BCUT2D eigenvalue weighted by atomic mass is 19.1. The molecule has 0 aliphatic heterocycles. The minimum atomic E-state index is -0.443. The molecule has 0 fully saturated rings. The molecular weight excluding hydrogens is 433 g/mol. The molecule has 3 aromatic rings. The van der Waals surface area contributed by atoms with E-state index in [0.29, 0.717) is 30.2 Å². The summed E-state index contributed by atoms with van der Waals surface area (Å²) in [7, 11) is 0. The van der Waals surface area contributed by atoms with Gasteiger partial charge in [-0.05, 0) is 67.3 Å². The fourth-order valence-corrected chi connectivity index (χ4v) is 3.26. The van der Waals surface area contributed by atoms with Gasteiger partial charge in [0.2, 0.25) is 0 Å². The predicted octanol–water partition coefficient (Wildman–Crippen LogP) is 6.00. The van der Waals surface area contributed by atoms with Crippen molar-refractivity contribution in [3.63, 3.8) is 0 Å². The van der Waals surface area contributed by atoms with Crippen molar-refractivity contribution in [1.29, 1.82) is 0 Å². The number of allylic oxidation sites excluding steroid dienone is 1. The summed E-state index contributed by atoms with van der Waals surface area (Å²) in [6.45, 7) is 8.33. The Balaban J connectivity index is 1.75. The lowest BCUT2D eigenvalue weighted by molar-refractivity contribution is 0.252. The zero-order chi connectivity index (χ0) is 24.3. The number of aryl methyl sites for hydroxylation is 1. The minimum Gasteiger partial charge on any atom is -0.490 e. The Morgan fingerprint density at radius 2 is 1.88 bits per heavy atom. The number of anilines is 1. The Morgan fingerprint density at radius 1 is 1.12 bits per heavy atom. The van der Waals surface area contributed by atoms with Gasteiger partial charge in [-0.25, -0.2) is 14.6 Å². The van der Waals surface area contributed by atoms with Crippen LogP contribution in [0.3, 0.4) is 0 Å². The van der Waals surface area contributed by atoms with Crippen LogP contribution in [0.2, 0.25) is 0 Å². The van der Waals surface area contributed by atoms with Gasteiger partial charge >= 0.3 is 6.03 Å². The van der Waals surface area contributed by atoms with Gasteiger partial charge in [-0.3, -0.25) is 0 Å². The van der Waals surface area contributed by atoms with Crippen LogP contribution in [-0.2, 0) is 13.0 Å². The van der Waals surface area contributed by atoms with Crippen LogP contribution >= 0.6 is 0 Å². The van der Waals surface area contributed by atoms with Gasteiger partial charge in [0.05, 0.1) is 12.8 Å². The van der Waals surface area contributed by atoms with Crippen molar-refractivity contribution in [2.75, 3.05) is 11.9 Å². The van der Waals surface area contributed by atoms with Gasteiger partial charge in [-0.2, -0.15) is 5.10 Å².